The summed E-state index contributed by atoms with van der Waals surface area (Å²) in [5.74, 6) is 0.388. The molecular formula is C14H16FN3. The fourth-order valence-electron chi connectivity index (χ4n) is 1.76. The number of halogens is 1. The van der Waals surface area contributed by atoms with E-state index in [1.807, 2.05) is 6.92 Å². The maximum Gasteiger partial charge on any atom is 0.159 e. The number of aromatic nitrogens is 2. The fraction of sp³-hybridized carbons (Fsp3) is 0.286. The highest BCUT2D eigenvalue weighted by atomic mass is 19.1. The molecule has 0 saturated heterocycles. The molecule has 2 rings (SSSR count). The van der Waals surface area contributed by atoms with E-state index in [1.165, 1.54) is 6.07 Å². The minimum Gasteiger partial charge on any atom is -0.328 e. The quantitative estimate of drug-likeness (QED) is 0.903. The third kappa shape index (κ3) is 2.90. The van der Waals surface area contributed by atoms with Crippen molar-refractivity contribution >= 4 is 0 Å². The van der Waals surface area contributed by atoms with Crippen LogP contribution in [0.2, 0.25) is 0 Å². The smallest absolute Gasteiger partial charge is 0.159 e. The van der Waals surface area contributed by atoms with Crippen molar-refractivity contribution in [2.75, 3.05) is 0 Å². The lowest BCUT2D eigenvalue weighted by molar-refractivity contribution is 0.618. The van der Waals surface area contributed by atoms with Gasteiger partial charge in [-0.3, -0.25) is 0 Å². The summed E-state index contributed by atoms with van der Waals surface area (Å²) < 4.78 is 13.2. The molecule has 0 aliphatic carbocycles. The van der Waals surface area contributed by atoms with Crippen LogP contribution in [0.4, 0.5) is 4.39 Å². The average molecular weight is 245 g/mol. The number of benzene rings is 1. The lowest BCUT2D eigenvalue weighted by atomic mass is 10.1. The summed E-state index contributed by atoms with van der Waals surface area (Å²) in [7, 11) is 0. The first-order valence-corrected chi connectivity index (χ1v) is 5.89. The topological polar surface area (TPSA) is 51.8 Å². The van der Waals surface area contributed by atoms with Gasteiger partial charge in [-0.05, 0) is 49.6 Å². The fourth-order valence-corrected chi connectivity index (χ4v) is 1.76. The highest BCUT2D eigenvalue weighted by Crippen LogP contribution is 2.18. The Morgan fingerprint density at radius 2 is 1.94 bits per heavy atom. The molecule has 0 radical (unpaired) electrons. The van der Waals surface area contributed by atoms with Crippen molar-refractivity contribution < 1.29 is 4.39 Å². The number of nitrogens with two attached hydrogens (primary N) is 1. The van der Waals surface area contributed by atoms with E-state index in [4.69, 9.17) is 5.73 Å². The molecule has 2 N–H and O–H groups in total. The zero-order chi connectivity index (χ0) is 13.1. The van der Waals surface area contributed by atoms with Crippen LogP contribution in [0.15, 0.2) is 30.6 Å². The van der Waals surface area contributed by atoms with E-state index in [2.05, 4.69) is 9.97 Å². The van der Waals surface area contributed by atoms with E-state index in [0.717, 1.165) is 17.5 Å². The minimum atomic E-state index is -0.215. The van der Waals surface area contributed by atoms with Crippen molar-refractivity contribution in [3.63, 3.8) is 0 Å². The normalized spacial score (nSPS) is 12.4. The molecule has 1 aromatic carbocycles. The van der Waals surface area contributed by atoms with Gasteiger partial charge >= 0.3 is 0 Å². The molecule has 0 fully saturated rings. The van der Waals surface area contributed by atoms with Gasteiger partial charge in [0.15, 0.2) is 5.82 Å². The summed E-state index contributed by atoms with van der Waals surface area (Å²) in [5.41, 5.74) is 8.13. The maximum absolute atomic E-state index is 13.2. The molecule has 3 nitrogen and oxygen atoms in total. The average Bonchev–Trinajstić information content (AvgIpc) is 2.33. The zero-order valence-electron chi connectivity index (χ0n) is 10.5. The van der Waals surface area contributed by atoms with Crippen LogP contribution in [-0.2, 0) is 6.42 Å². The summed E-state index contributed by atoms with van der Waals surface area (Å²) in [6, 6.07) is 4.95. The first-order valence-electron chi connectivity index (χ1n) is 5.89. The number of aryl methyl sites for hydroxylation is 1. The van der Waals surface area contributed by atoms with E-state index in [0.29, 0.717) is 11.4 Å². The van der Waals surface area contributed by atoms with Crippen molar-refractivity contribution in [2.24, 2.45) is 5.73 Å². The molecule has 2 aromatic rings. The monoisotopic (exact) mass is 245 g/mol. The van der Waals surface area contributed by atoms with Gasteiger partial charge in [-0.15, -0.1) is 0 Å². The van der Waals surface area contributed by atoms with Gasteiger partial charge in [0.1, 0.15) is 5.82 Å². The lowest BCUT2D eigenvalue weighted by Gasteiger charge is -2.06. The van der Waals surface area contributed by atoms with Crippen LogP contribution < -0.4 is 5.73 Å². The van der Waals surface area contributed by atoms with E-state index in [9.17, 15) is 4.39 Å². The first-order chi connectivity index (χ1) is 8.56. The molecule has 1 heterocycles. The van der Waals surface area contributed by atoms with E-state index in [-0.39, 0.29) is 11.9 Å². The van der Waals surface area contributed by atoms with Crippen molar-refractivity contribution in [3.8, 4) is 11.4 Å². The lowest BCUT2D eigenvalue weighted by Crippen LogP contribution is -2.18. The summed E-state index contributed by atoms with van der Waals surface area (Å²) in [5, 5.41) is 0. The van der Waals surface area contributed by atoms with Crippen LogP contribution in [0, 0.1) is 12.7 Å². The Morgan fingerprint density at radius 1 is 1.28 bits per heavy atom. The Balaban J connectivity index is 2.25. The highest BCUT2D eigenvalue weighted by Gasteiger charge is 2.05. The van der Waals surface area contributed by atoms with Gasteiger partial charge in [0.25, 0.3) is 0 Å². The Hall–Kier alpha value is -1.81. The molecule has 18 heavy (non-hydrogen) atoms. The molecule has 0 bridgehead atoms. The highest BCUT2D eigenvalue weighted by molar-refractivity contribution is 5.55. The third-order valence-electron chi connectivity index (χ3n) is 2.68. The first kappa shape index (κ1) is 12.6. The maximum atomic E-state index is 13.2. The Morgan fingerprint density at radius 3 is 2.50 bits per heavy atom. The second-order valence-corrected chi connectivity index (χ2v) is 4.56. The zero-order valence-corrected chi connectivity index (χ0v) is 10.5. The number of rotatable bonds is 3. The minimum absolute atomic E-state index is 0.0903. The standard InChI is InChI=1S/C14H16FN3/c1-9-5-12(3-4-13(9)15)14-17-7-11(8-18-14)6-10(2)16/h3-5,7-8,10H,6,16H2,1-2H3. The summed E-state index contributed by atoms with van der Waals surface area (Å²) in [4.78, 5) is 8.57. The number of hydrogen-bond acceptors (Lipinski definition) is 3. The summed E-state index contributed by atoms with van der Waals surface area (Å²) >= 11 is 0. The van der Waals surface area contributed by atoms with Crippen LogP contribution in [0.25, 0.3) is 11.4 Å². The molecule has 0 saturated carbocycles. The largest absolute Gasteiger partial charge is 0.328 e. The van der Waals surface area contributed by atoms with E-state index in [1.54, 1.807) is 31.5 Å². The Labute approximate surface area is 106 Å². The van der Waals surface area contributed by atoms with Gasteiger partial charge in [0.05, 0.1) is 0 Å². The van der Waals surface area contributed by atoms with Gasteiger partial charge in [-0.25, -0.2) is 14.4 Å². The van der Waals surface area contributed by atoms with E-state index >= 15 is 0 Å². The molecule has 0 spiro atoms. The second-order valence-electron chi connectivity index (χ2n) is 4.56. The molecule has 94 valence electrons. The molecule has 1 aromatic heterocycles. The van der Waals surface area contributed by atoms with Gasteiger partial charge in [-0.2, -0.15) is 0 Å². The van der Waals surface area contributed by atoms with Gasteiger partial charge < -0.3 is 5.73 Å². The molecular weight excluding hydrogens is 229 g/mol. The second kappa shape index (κ2) is 5.23. The number of nitrogens with zero attached hydrogens (tertiary/aromatic N) is 2. The van der Waals surface area contributed by atoms with Crippen molar-refractivity contribution in [2.45, 2.75) is 26.3 Å². The van der Waals surface area contributed by atoms with Crippen LogP contribution in [0.1, 0.15) is 18.1 Å². The molecule has 0 aliphatic heterocycles. The number of hydrogen-bond donors (Lipinski definition) is 1. The SMILES string of the molecule is Cc1cc(-c2ncc(CC(C)N)cn2)ccc1F. The van der Waals surface area contributed by atoms with Crippen LogP contribution in [0.5, 0.6) is 0 Å². The van der Waals surface area contributed by atoms with Crippen LogP contribution in [-0.4, -0.2) is 16.0 Å². The molecule has 4 heteroatoms. The molecule has 1 atom stereocenters. The van der Waals surface area contributed by atoms with Gasteiger partial charge in [0.2, 0.25) is 0 Å². The molecule has 0 amide bonds. The summed E-state index contributed by atoms with van der Waals surface area (Å²) in [6.45, 7) is 3.67. The van der Waals surface area contributed by atoms with E-state index < -0.39 is 0 Å². The molecule has 1 unspecified atom stereocenters. The Bertz CT molecular complexity index is 535. The third-order valence-corrected chi connectivity index (χ3v) is 2.68. The predicted molar refractivity (Wildman–Crippen MR) is 69.5 cm³/mol. The van der Waals surface area contributed by atoms with Gasteiger partial charge in [-0.1, -0.05) is 0 Å². The van der Waals surface area contributed by atoms with Crippen LogP contribution >= 0.6 is 0 Å². The predicted octanol–water partition coefficient (Wildman–Crippen LogP) is 2.48. The Kier molecular flexibility index (Phi) is 3.67. The van der Waals surface area contributed by atoms with Crippen molar-refractivity contribution in [1.29, 1.82) is 0 Å². The molecule has 0 aliphatic rings. The van der Waals surface area contributed by atoms with Crippen molar-refractivity contribution in [3.05, 3.63) is 47.5 Å². The van der Waals surface area contributed by atoms with Crippen molar-refractivity contribution in [1.82, 2.24) is 9.97 Å². The van der Waals surface area contributed by atoms with Crippen LogP contribution in [0.3, 0.4) is 0 Å². The summed E-state index contributed by atoms with van der Waals surface area (Å²) in [6.07, 6.45) is 4.29. The van der Waals surface area contributed by atoms with Gasteiger partial charge in [0, 0.05) is 24.0 Å².